The summed E-state index contributed by atoms with van der Waals surface area (Å²) in [6.45, 7) is 0.803. The molecule has 1 fully saturated rings. The van der Waals surface area contributed by atoms with Crippen molar-refractivity contribution in [3.8, 4) is 0 Å². The maximum absolute atomic E-state index is 5.54. The van der Waals surface area contributed by atoms with Gasteiger partial charge in [-0.3, -0.25) is 0 Å². The van der Waals surface area contributed by atoms with Gasteiger partial charge in [0, 0.05) is 25.4 Å². The maximum atomic E-state index is 5.54. The molecule has 1 aromatic heterocycles. The van der Waals surface area contributed by atoms with Crippen molar-refractivity contribution in [1.29, 1.82) is 0 Å². The lowest BCUT2D eigenvalue weighted by Crippen LogP contribution is -2.04. The molecule has 2 unspecified atom stereocenters. The highest BCUT2D eigenvalue weighted by molar-refractivity contribution is 5.11. The third-order valence-electron chi connectivity index (χ3n) is 2.42. The van der Waals surface area contributed by atoms with Gasteiger partial charge in [-0.1, -0.05) is 0 Å². The van der Waals surface area contributed by atoms with Gasteiger partial charge in [0.25, 0.3) is 0 Å². The van der Waals surface area contributed by atoms with Crippen molar-refractivity contribution >= 4 is 0 Å². The average Bonchev–Trinajstić information content (AvgIpc) is 2.68. The summed E-state index contributed by atoms with van der Waals surface area (Å²) < 4.78 is 2.08. The van der Waals surface area contributed by atoms with E-state index in [1.165, 1.54) is 12.2 Å². The summed E-state index contributed by atoms with van der Waals surface area (Å²) in [5.74, 6) is 2.52. The van der Waals surface area contributed by atoms with Crippen LogP contribution in [0.2, 0.25) is 0 Å². The minimum atomic E-state index is 0.639. The second-order valence-corrected chi connectivity index (χ2v) is 3.23. The number of aryl methyl sites for hydroxylation is 1. The van der Waals surface area contributed by atoms with E-state index in [0.29, 0.717) is 11.8 Å². The van der Waals surface area contributed by atoms with Gasteiger partial charge in [0.2, 0.25) is 0 Å². The molecule has 1 aliphatic rings. The van der Waals surface area contributed by atoms with E-state index < -0.39 is 0 Å². The van der Waals surface area contributed by atoms with Gasteiger partial charge in [0.1, 0.15) is 5.82 Å². The van der Waals surface area contributed by atoms with Gasteiger partial charge >= 0.3 is 0 Å². The van der Waals surface area contributed by atoms with Gasteiger partial charge in [-0.05, 0) is 18.9 Å². The average molecular weight is 151 g/mol. The Labute approximate surface area is 66.2 Å². The first-order chi connectivity index (χ1) is 5.33. The lowest BCUT2D eigenvalue weighted by molar-refractivity contribution is 0.735. The topological polar surface area (TPSA) is 43.8 Å². The molecule has 0 aromatic carbocycles. The van der Waals surface area contributed by atoms with Gasteiger partial charge in [0.05, 0.1) is 0 Å². The molecule has 0 amide bonds. The summed E-state index contributed by atoms with van der Waals surface area (Å²) in [6, 6.07) is 0. The van der Waals surface area contributed by atoms with Crippen molar-refractivity contribution < 1.29 is 0 Å². The number of nitrogens with zero attached hydrogens (tertiary/aromatic N) is 2. The van der Waals surface area contributed by atoms with Crippen LogP contribution >= 0.6 is 0 Å². The van der Waals surface area contributed by atoms with Crippen LogP contribution in [0.15, 0.2) is 12.4 Å². The second kappa shape index (κ2) is 2.34. The molecule has 0 radical (unpaired) electrons. The maximum Gasteiger partial charge on any atom is 0.111 e. The third kappa shape index (κ3) is 1.05. The number of hydrogen-bond acceptors (Lipinski definition) is 2. The molecule has 11 heavy (non-hydrogen) atoms. The first-order valence-electron chi connectivity index (χ1n) is 4.00. The fourth-order valence-corrected chi connectivity index (χ4v) is 1.56. The molecule has 2 atom stereocenters. The van der Waals surface area contributed by atoms with E-state index in [9.17, 15) is 0 Å². The number of rotatable bonds is 2. The molecule has 3 nitrogen and oxygen atoms in total. The molecule has 2 rings (SSSR count). The number of hydrogen-bond donors (Lipinski definition) is 1. The quantitative estimate of drug-likeness (QED) is 0.668. The Hall–Kier alpha value is -0.830. The number of imidazole rings is 1. The fraction of sp³-hybridized carbons (Fsp3) is 0.625. The highest BCUT2D eigenvalue weighted by Gasteiger charge is 2.39. The first-order valence-corrected chi connectivity index (χ1v) is 4.00. The van der Waals surface area contributed by atoms with Gasteiger partial charge in [0.15, 0.2) is 0 Å². The fourth-order valence-electron chi connectivity index (χ4n) is 1.56. The van der Waals surface area contributed by atoms with Crippen LogP contribution in [0.5, 0.6) is 0 Å². The van der Waals surface area contributed by atoms with Crippen LogP contribution in [0.3, 0.4) is 0 Å². The van der Waals surface area contributed by atoms with Crippen LogP contribution in [-0.2, 0) is 7.05 Å². The molecule has 1 heterocycles. The van der Waals surface area contributed by atoms with Crippen molar-refractivity contribution in [3.05, 3.63) is 18.2 Å². The molecule has 3 heteroatoms. The van der Waals surface area contributed by atoms with Crippen molar-refractivity contribution in [2.24, 2.45) is 18.7 Å². The van der Waals surface area contributed by atoms with Gasteiger partial charge < -0.3 is 10.3 Å². The molecule has 60 valence electrons. The summed E-state index contributed by atoms with van der Waals surface area (Å²) >= 11 is 0. The summed E-state index contributed by atoms with van der Waals surface area (Å²) in [5, 5.41) is 0. The molecule has 1 aliphatic carbocycles. The van der Waals surface area contributed by atoms with Gasteiger partial charge in [-0.2, -0.15) is 0 Å². The van der Waals surface area contributed by atoms with Crippen LogP contribution in [0.4, 0.5) is 0 Å². The predicted octanol–water partition coefficient (Wildman–Crippen LogP) is 0.482. The number of aromatic nitrogens is 2. The number of nitrogens with two attached hydrogens (primary N) is 1. The Bertz CT molecular complexity index is 254. The monoisotopic (exact) mass is 151 g/mol. The smallest absolute Gasteiger partial charge is 0.111 e. The molecule has 1 aromatic rings. The van der Waals surface area contributed by atoms with Gasteiger partial charge in [-0.15, -0.1) is 0 Å². The minimum absolute atomic E-state index is 0.639. The highest BCUT2D eigenvalue weighted by Crippen LogP contribution is 2.45. The third-order valence-corrected chi connectivity index (χ3v) is 2.42. The normalized spacial score (nSPS) is 28.9. The van der Waals surface area contributed by atoms with Gasteiger partial charge in [-0.25, -0.2) is 4.98 Å². The van der Waals surface area contributed by atoms with E-state index in [2.05, 4.69) is 9.55 Å². The Morgan fingerprint density at radius 2 is 2.64 bits per heavy atom. The van der Waals surface area contributed by atoms with Crippen molar-refractivity contribution in [1.82, 2.24) is 9.55 Å². The van der Waals surface area contributed by atoms with Crippen LogP contribution in [0.1, 0.15) is 18.2 Å². The first kappa shape index (κ1) is 6.85. The van der Waals surface area contributed by atoms with E-state index in [1.807, 2.05) is 19.4 Å². The Morgan fingerprint density at radius 3 is 3.09 bits per heavy atom. The molecular weight excluding hydrogens is 138 g/mol. The summed E-state index contributed by atoms with van der Waals surface area (Å²) in [5.41, 5.74) is 5.54. The lowest BCUT2D eigenvalue weighted by Gasteiger charge is -1.97. The minimum Gasteiger partial charge on any atom is -0.338 e. The molecule has 0 saturated heterocycles. The molecule has 1 saturated carbocycles. The second-order valence-electron chi connectivity index (χ2n) is 3.23. The van der Waals surface area contributed by atoms with E-state index in [1.54, 1.807) is 0 Å². The summed E-state index contributed by atoms with van der Waals surface area (Å²) in [7, 11) is 2.04. The highest BCUT2D eigenvalue weighted by atomic mass is 15.0. The summed E-state index contributed by atoms with van der Waals surface area (Å²) in [4.78, 5) is 4.28. The zero-order chi connectivity index (χ0) is 7.84. The van der Waals surface area contributed by atoms with Crippen molar-refractivity contribution in [2.75, 3.05) is 6.54 Å². The zero-order valence-electron chi connectivity index (χ0n) is 6.70. The van der Waals surface area contributed by atoms with Crippen LogP contribution in [0, 0.1) is 5.92 Å². The van der Waals surface area contributed by atoms with E-state index >= 15 is 0 Å². The Morgan fingerprint density at radius 1 is 1.82 bits per heavy atom. The van der Waals surface area contributed by atoms with Crippen molar-refractivity contribution in [2.45, 2.75) is 12.3 Å². The zero-order valence-corrected chi connectivity index (χ0v) is 6.70. The largest absolute Gasteiger partial charge is 0.338 e. The Kier molecular flexibility index (Phi) is 1.46. The van der Waals surface area contributed by atoms with Crippen LogP contribution < -0.4 is 5.73 Å². The van der Waals surface area contributed by atoms with Crippen molar-refractivity contribution in [3.63, 3.8) is 0 Å². The van der Waals surface area contributed by atoms with E-state index in [4.69, 9.17) is 5.73 Å². The lowest BCUT2D eigenvalue weighted by atomic mass is 10.3. The van der Waals surface area contributed by atoms with Crippen LogP contribution in [-0.4, -0.2) is 16.1 Å². The predicted molar refractivity (Wildman–Crippen MR) is 43.1 cm³/mol. The molecule has 0 aliphatic heterocycles. The molecule has 2 N–H and O–H groups in total. The molecule has 0 spiro atoms. The van der Waals surface area contributed by atoms with E-state index in [-0.39, 0.29) is 0 Å². The standard InChI is InChI=1S/C8H13N3/c1-11-3-2-10-8(11)7-4-6(7)5-9/h2-3,6-7H,4-5,9H2,1H3. The molecule has 0 bridgehead atoms. The van der Waals surface area contributed by atoms with Crippen LogP contribution in [0.25, 0.3) is 0 Å². The summed E-state index contributed by atoms with van der Waals surface area (Å²) in [6.07, 6.45) is 5.06. The SMILES string of the molecule is Cn1ccnc1C1CC1CN. The van der Waals surface area contributed by atoms with E-state index in [0.717, 1.165) is 6.54 Å². The Balaban J connectivity index is 2.14. The molecular formula is C8H13N3.